The zero-order valence-corrected chi connectivity index (χ0v) is 13.7. The van der Waals surface area contributed by atoms with E-state index < -0.39 is 11.5 Å². The van der Waals surface area contributed by atoms with Crippen molar-refractivity contribution in [2.75, 3.05) is 6.61 Å². The van der Waals surface area contributed by atoms with Crippen LogP contribution in [0.4, 0.5) is 0 Å². The number of carbonyl (C=O) groups excluding carboxylic acids is 1. The number of hydrogen-bond acceptors (Lipinski definition) is 6. The predicted molar refractivity (Wildman–Crippen MR) is 91.9 cm³/mol. The number of amides is 1. The Labute approximate surface area is 142 Å². The molecule has 128 valence electrons. The van der Waals surface area contributed by atoms with Gasteiger partial charge >= 0.3 is 5.63 Å². The smallest absolute Gasteiger partial charge is 0.336 e. The summed E-state index contributed by atoms with van der Waals surface area (Å²) in [4.78, 5) is 23.2. The Balaban J connectivity index is 1.59. The zero-order chi connectivity index (χ0) is 17.8. The van der Waals surface area contributed by atoms with E-state index in [0.29, 0.717) is 17.1 Å². The number of rotatable bonds is 5. The Morgan fingerprint density at radius 1 is 1.20 bits per heavy atom. The number of carbonyl (C=O) groups is 1. The minimum Gasteiger partial charge on any atom is -0.484 e. The molecule has 0 unspecified atom stereocenters. The number of hydrogen-bond donors (Lipinski definition) is 1. The molecule has 7 nitrogen and oxygen atoms in total. The first-order chi connectivity index (χ1) is 12.0. The summed E-state index contributed by atoms with van der Waals surface area (Å²) in [7, 11) is 0. The van der Waals surface area contributed by atoms with Gasteiger partial charge in [0.2, 0.25) is 0 Å². The van der Waals surface area contributed by atoms with Crippen molar-refractivity contribution in [2.24, 2.45) is 5.10 Å². The van der Waals surface area contributed by atoms with Crippen molar-refractivity contribution >= 4 is 23.1 Å². The second kappa shape index (κ2) is 7.04. The predicted octanol–water partition coefficient (Wildman–Crippen LogP) is 2.53. The van der Waals surface area contributed by atoms with Gasteiger partial charge < -0.3 is 13.6 Å². The van der Waals surface area contributed by atoms with Gasteiger partial charge in [-0.05, 0) is 43.7 Å². The maximum absolute atomic E-state index is 11.7. The highest BCUT2D eigenvalue weighted by molar-refractivity contribution is 5.82. The van der Waals surface area contributed by atoms with Crippen molar-refractivity contribution < 1.29 is 18.4 Å². The molecule has 3 aromatic rings. The molecular weight excluding hydrogens is 324 g/mol. The molecule has 0 atom stereocenters. The van der Waals surface area contributed by atoms with Crippen LogP contribution in [-0.2, 0) is 4.79 Å². The summed E-state index contributed by atoms with van der Waals surface area (Å²) in [6.45, 7) is 3.42. The maximum Gasteiger partial charge on any atom is 0.336 e. The Bertz CT molecular complexity index is 1000. The highest BCUT2D eigenvalue weighted by atomic mass is 16.5. The molecule has 1 aromatic carbocycles. The van der Waals surface area contributed by atoms with Crippen molar-refractivity contribution in [2.45, 2.75) is 13.8 Å². The van der Waals surface area contributed by atoms with Crippen LogP contribution in [0.25, 0.3) is 11.0 Å². The van der Waals surface area contributed by atoms with Gasteiger partial charge in [-0.3, -0.25) is 4.79 Å². The molecule has 25 heavy (non-hydrogen) atoms. The normalized spacial score (nSPS) is 11.1. The van der Waals surface area contributed by atoms with Crippen molar-refractivity contribution in [3.05, 3.63) is 63.9 Å². The Morgan fingerprint density at radius 2 is 2.04 bits per heavy atom. The van der Waals surface area contributed by atoms with Crippen molar-refractivity contribution in [3.63, 3.8) is 0 Å². The summed E-state index contributed by atoms with van der Waals surface area (Å²) in [5, 5.41) is 4.60. The third-order valence-corrected chi connectivity index (χ3v) is 3.43. The molecule has 7 heteroatoms. The van der Waals surface area contributed by atoms with Crippen LogP contribution in [0, 0.1) is 13.8 Å². The molecule has 2 aromatic heterocycles. The molecular formula is C18H16N2O5. The first kappa shape index (κ1) is 16.5. The van der Waals surface area contributed by atoms with Gasteiger partial charge in [-0.15, -0.1) is 0 Å². The number of nitrogens with one attached hydrogen (secondary N) is 1. The third-order valence-electron chi connectivity index (χ3n) is 3.43. The second-order valence-electron chi connectivity index (χ2n) is 5.44. The summed E-state index contributed by atoms with van der Waals surface area (Å²) in [5.41, 5.74) is 3.14. The average Bonchev–Trinajstić information content (AvgIpc) is 2.97. The van der Waals surface area contributed by atoms with E-state index in [9.17, 15) is 9.59 Å². The molecule has 0 spiro atoms. The molecule has 2 heterocycles. The highest BCUT2D eigenvalue weighted by Gasteiger charge is 2.06. The number of furan rings is 1. The summed E-state index contributed by atoms with van der Waals surface area (Å²) < 4.78 is 15.8. The number of nitrogens with zero attached hydrogens (tertiary/aromatic N) is 1. The van der Waals surface area contributed by atoms with E-state index in [4.69, 9.17) is 13.6 Å². The van der Waals surface area contributed by atoms with Crippen molar-refractivity contribution in [3.8, 4) is 5.75 Å². The van der Waals surface area contributed by atoms with Crippen molar-refractivity contribution in [1.29, 1.82) is 0 Å². The van der Waals surface area contributed by atoms with E-state index in [1.165, 1.54) is 12.3 Å². The fourth-order valence-electron chi connectivity index (χ4n) is 2.27. The molecule has 0 saturated heterocycles. The fraction of sp³-hybridized carbons (Fsp3) is 0.167. The Hall–Kier alpha value is -3.35. The molecule has 0 aliphatic carbocycles. The van der Waals surface area contributed by atoms with Crippen LogP contribution in [0.2, 0.25) is 0 Å². The number of hydrazone groups is 1. The van der Waals surface area contributed by atoms with Crippen LogP contribution < -0.4 is 15.8 Å². The van der Waals surface area contributed by atoms with E-state index >= 15 is 0 Å². The van der Waals surface area contributed by atoms with Gasteiger partial charge in [-0.2, -0.15) is 5.10 Å². The average molecular weight is 340 g/mol. The summed E-state index contributed by atoms with van der Waals surface area (Å²) in [6.07, 6.45) is 1.40. The van der Waals surface area contributed by atoms with Gasteiger partial charge in [0, 0.05) is 17.5 Å². The van der Waals surface area contributed by atoms with Crippen LogP contribution in [0.1, 0.15) is 17.1 Å². The second-order valence-corrected chi connectivity index (χ2v) is 5.44. The Morgan fingerprint density at radius 3 is 2.80 bits per heavy atom. The lowest BCUT2D eigenvalue weighted by Gasteiger charge is -2.06. The minimum absolute atomic E-state index is 0.226. The molecule has 0 bridgehead atoms. The largest absolute Gasteiger partial charge is 0.484 e. The van der Waals surface area contributed by atoms with Gasteiger partial charge in [-0.25, -0.2) is 10.2 Å². The lowest BCUT2D eigenvalue weighted by Crippen LogP contribution is -2.24. The van der Waals surface area contributed by atoms with E-state index in [0.717, 1.165) is 16.7 Å². The van der Waals surface area contributed by atoms with Crippen molar-refractivity contribution in [1.82, 2.24) is 5.43 Å². The van der Waals surface area contributed by atoms with E-state index in [1.54, 1.807) is 30.3 Å². The van der Waals surface area contributed by atoms with E-state index in [2.05, 4.69) is 10.5 Å². The third kappa shape index (κ3) is 4.14. The number of fused-ring (bicyclic) bond motifs is 1. The first-order valence-corrected chi connectivity index (χ1v) is 7.57. The van der Waals surface area contributed by atoms with E-state index in [-0.39, 0.29) is 6.61 Å². The van der Waals surface area contributed by atoms with Gasteiger partial charge in [0.1, 0.15) is 22.9 Å². The zero-order valence-electron chi connectivity index (χ0n) is 13.7. The maximum atomic E-state index is 11.7. The number of aryl methyl sites for hydroxylation is 2. The Kier molecular flexibility index (Phi) is 4.65. The van der Waals surface area contributed by atoms with Crippen LogP contribution in [-0.4, -0.2) is 18.7 Å². The quantitative estimate of drug-likeness (QED) is 0.437. The van der Waals surface area contributed by atoms with E-state index in [1.807, 2.05) is 13.8 Å². The van der Waals surface area contributed by atoms with Gasteiger partial charge in [-0.1, -0.05) is 0 Å². The molecule has 0 saturated carbocycles. The summed E-state index contributed by atoms with van der Waals surface area (Å²) in [5.74, 6) is 1.29. The first-order valence-electron chi connectivity index (χ1n) is 7.57. The van der Waals surface area contributed by atoms with Crippen LogP contribution in [0.15, 0.2) is 55.1 Å². The molecule has 0 radical (unpaired) electrons. The van der Waals surface area contributed by atoms with Gasteiger partial charge in [0.15, 0.2) is 6.61 Å². The minimum atomic E-state index is -0.428. The lowest BCUT2D eigenvalue weighted by molar-refractivity contribution is -0.123. The molecule has 0 aliphatic rings. The molecule has 3 rings (SSSR count). The van der Waals surface area contributed by atoms with Gasteiger partial charge in [0.05, 0.1) is 6.21 Å². The molecule has 1 amide bonds. The topological polar surface area (TPSA) is 94.0 Å². The number of ether oxygens (including phenoxy) is 1. The lowest BCUT2D eigenvalue weighted by atomic mass is 10.1. The van der Waals surface area contributed by atoms with Gasteiger partial charge in [0.25, 0.3) is 5.91 Å². The monoisotopic (exact) mass is 340 g/mol. The fourth-order valence-corrected chi connectivity index (χ4v) is 2.27. The van der Waals surface area contributed by atoms with Crippen LogP contribution in [0.3, 0.4) is 0 Å². The summed E-state index contributed by atoms with van der Waals surface area (Å²) in [6, 6.07) is 10.0. The molecule has 0 fully saturated rings. The SMILES string of the molecule is Cc1ccc(/C=N\NC(=O)COc2ccc3c(C)cc(=O)oc3c2)o1. The highest BCUT2D eigenvalue weighted by Crippen LogP contribution is 2.22. The standard InChI is InChI=1S/C18H16N2O5/c1-11-7-18(22)25-16-8-13(5-6-15(11)16)23-10-17(21)20-19-9-14-4-3-12(2)24-14/h3-9H,10H2,1-2H3,(H,20,21)/b19-9-. The summed E-state index contributed by atoms with van der Waals surface area (Å²) >= 11 is 0. The molecule has 0 aliphatic heterocycles. The molecule has 1 N–H and O–H groups in total. The number of benzene rings is 1. The van der Waals surface area contributed by atoms with Crippen LogP contribution in [0.5, 0.6) is 5.75 Å². The van der Waals surface area contributed by atoms with Crippen LogP contribution >= 0.6 is 0 Å².